The number of ether oxygens (including phenoxy) is 2. The highest BCUT2D eigenvalue weighted by Crippen LogP contribution is 2.28. The fourth-order valence-corrected chi connectivity index (χ4v) is 10.8. The predicted molar refractivity (Wildman–Crippen MR) is 309 cm³/mol. The number of fused-ring (bicyclic) bond motifs is 2. The summed E-state index contributed by atoms with van der Waals surface area (Å²) >= 11 is 0. The van der Waals surface area contributed by atoms with Crippen LogP contribution in [0.4, 0.5) is 0 Å². The Morgan fingerprint density at radius 2 is 0.916 bits per heavy atom. The van der Waals surface area contributed by atoms with E-state index in [1.54, 1.807) is 13.8 Å². The lowest BCUT2D eigenvalue weighted by Crippen LogP contribution is -2.61. The molecule has 2 unspecified atom stereocenters. The van der Waals surface area contributed by atoms with Crippen LogP contribution in [0.2, 0.25) is 0 Å². The topological polar surface area (TPSA) is 291 Å². The third-order valence-electron chi connectivity index (χ3n) is 16.7. The molecule has 4 heterocycles. The van der Waals surface area contributed by atoms with Crippen molar-refractivity contribution in [2.24, 2.45) is 29.6 Å². The van der Waals surface area contributed by atoms with Crippen LogP contribution in [0.5, 0.6) is 0 Å². The van der Waals surface area contributed by atoms with Gasteiger partial charge in [-0.15, -0.1) is 13.2 Å². The molecule has 4 aliphatic rings. The number of amides is 10. The number of rotatable bonds is 10. The quantitative estimate of drug-likeness (QED) is 0.180. The molecular weight excluding hydrogens is 1070 g/mol. The fourth-order valence-electron chi connectivity index (χ4n) is 10.8. The van der Waals surface area contributed by atoms with Crippen LogP contribution in [0.25, 0.3) is 0 Å². The molecule has 24 nitrogen and oxygen atoms in total. The minimum absolute atomic E-state index is 0.0510. The molecule has 4 aliphatic heterocycles. The average Bonchev–Trinajstić information content (AvgIpc) is 4.33. The van der Waals surface area contributed by atoms with E-state index >= 15 is 0 Å². The highest BCUT2D eigenvalue weighted by Gasteiger charge is 2.47. The monoisotopic (exact) mass is 1170 g/mol. The normalized spacial score (nSPS) is 29.5. The van der Waals surface area contributed by atoms with Gasteiger partial charge >= 0.3 is 11.9 Å². The number of hydrogen-bond donors (Lipinski definition) is 4. The Kier molecular flexibility index (Phi) is 27.3. The third kappa shape index (κ3) is 17.8. The van der Waals surface area contributed by atoms with Crippen molar-refractivity contribution < 1.29 is 67.0 Å². The Morgan fingerprint density at radius 1 is 0.518 bits per heavy atom. The van der Waals surface area contributed by atoms with Crippen LogP contribution < -0.4 is 21.3 Å². The van der Waals surface area contributed by atoms with Gasteiger partial charge in [-0.3, -0.25) is 57.5 Å². The van der Waals surface area contributed by atoms with Crippen LogP contribution in [0.15, 0.2) is 25.3 Å². The number of carbonyl (C=O) groups is 12. The lowest BCUT2D eigenvalue weighted by molar-refractivity contribution is -0.161. The van der Waals surface area contributed by atoms with Crippen molar-refractivity contribution in [3.8, 4) is 0 Å². The van der Waals surface area contributed by atoms with Crippen LogP contribution >= 0.6 is 0 Å². The summed E-state index contributed by atoms with van der Waals surface area (Å²) in [6, 6.07) is -7.20. The molecule has 83 heavy (non-hydrogen) atoms. The van der Waals surface area contributed by atoms with E-state index in [4.69, 9.17) is 9.47 Å². The molecule has 4 N–H and O–H groups in total. The zero-order valence-electron chi connectivity index (χ0n) is 51.8. The Bertz CT molecular complexity index is 2380. The van der Waals surface area contributed by atoms with E-state index in [2.05, 4.69) is 34.4 Å². The van der Waals surface area contributed by atoms with Gasteiger partial charge in [0.05, 0.1) is 12.8 Å². The summed E-state index contributed by atoms with van der Waals surface area (Å²) in [5, 5.41) is 11.1. The molecule has 4 rings (SSSR count). The van der Waals surface area contributed by atoms with Gasteiger partial charge in [0.25, 0.3) is 11.8 Å². The molecule has 4 saturated heterocycles. The highest BCUT2D eigenvalue weighted by atomic mass is 16.6. The number of cyclic esters (lactones) is 2. The number of esters is 2. The van der Waals surface area contributed by atoms with E-state index in [1.807, 2.05) is 62.3 Å². The Morgan fingerprint density at radius 3 is 1.30 bits per heavy atom. The van der Waals surface area contributed by atoms with Crippen molar-refractivity contribution in [1.29, 1.82) is 0 Å². The molecular formula is C59H96N10O14. The minimum atomic E-state index is -1.18. The molecule has 0 spiro atoms. The maximum absolute atomic E-state index is 14.0. The van der Waals surface area contributed by atoms with Crippen molar-refractivity contribution in [3.63, 3.8) is 0 Å². The Hall–Kier alpha value is -6.88. The van der Waals surface area contributed by atoms with Gasteiger partial charge in [0, 0.05) is 67.2 Å². The third-order valence-corrected chi connectivity index (χ3v) is 16.7. The number of nitrogens with one attached hydrogen (secondary N) is 4. The largest absolute Gasteiger partial charge is 0.452 e. The maximum Gasteiger partial charge on any atom is 0.308 e. The first kappa shape index (κ1) is 70.4. The van der Waals surface area contributed by atoms with Crippen molar-refractivity contribution in [2.75, 3.05) is 54.4 Å². The van der Waals surface area contributed by atoms with Crippen LogP contribution in [-0.4, -0.2) is 215 Å². The van der Waals surface area contributed by atoms with Gasteiger partial charge in [-0.05, 0) is 62.7 Å². The van der Waals surface area contributed by atoms with Crippen LogP contribution in [-0.2, 0) is 67.0 Å². The van der Waals surface area contributed by atoms with Crippen LogP contribution in [0, 0.1) is 29.6 Å². The molecule has 0 aliphatic carbocycles. The predicted octanol–water partition coefficient (Wildman–Crippen LogP) is 1.94. The first-order chi connectivity index (χ1) is 38.9. The van der Waals surface area contributed by atoms with Crippen molar-refractivity contribution in [3.05, 3.63) is 25.3 Å². The molecule has 0 aromatic carbocycles. The molecule has 0 aromatic rings. The molecule has 466 valence electrons. The van der Waals surface area contributed by atoms with Crippen molar-refractivity contribution in [2.45, 2.75) is 194 Å². The number of likely N-dealkylation sites (N-methyl/N-ethyl adjacent to an activating group) is 4. The van der Waals surface area contributed by atoms with E-state index in [1.165, 1.54) is 69.7 Å². The van der Waals surface area contributed by atoms with Gasteiger partial charge in [-0.2, -0.15) is 0 Å². The summed E-state index contributed by atoms with van der Waals surface area (Å²) < 4.78 is 10.9. The fraction of sp³-hybridized carbons (Fsp3) is 0.729. The molecule has 4 fully saturated rings. The second-order valence-electron chi connectivity index (χ2n) is 23.3. The first-order valence-corrected chi connectivity index (χ1v) is 29.4. The summed E-state index contributed by atoms with van der Waals surface area (Å²) in [6.07, 6.45) is 2.97. The second-order valence-corrected chi connectivity index (χ2v) is 23.3. The van der Waals surface area contributed by atoms with Gasteiger partial charge in [0.15, 0.2) is 12.2 Å². The average molecular weight is 1170 g/mol. The first-order valence-electron chi connectivity index (χ1n) is 29.4. The number of nitrogens with zero attached hydrogens (tertiary/aromatic N) is 6. The zero-order chi connectivity index (χ0) is 62.9. The van der Waals surface area contributed by atoms with E-state index in [9.17, 15) is 57.5 Å². The number of hydrogen-bond acceptors (Lipinski definition) is 14. The summed E-state index contributed by atoms with van der Waals surface area (Å²) in [5.41, 5.74) is 0. The van der Waals surface area contributed by atoms with E-state index in [0.29, 0.717) is 38.6 Å². The van der Waals surface area contributed by atoms with Crippen molar-refractivity contribution >= 4 is 71.0 Å². The van der Waals surface area contributed by atoms with Crippen molar-refractivity contribution in [1.82, 2.24) is 50.7 Å². The van der Waals surface area contributed by atoms with Gasteiger partial charge in [-0.25, -0.2) is 0 Å². The molecule has 13 atom stereocenters. The molecule has 0 radical (unpaired) electrons. The second kappa shape index (κ2) is 32.3. The van der Waals surface area contributed by atoms with Crippen LogP contribution in [0.1, 0.15) is 134 Å². The van der Waals surface area contributed by atoms with Gasteiger partial charge in [0.1, 0.15) is 48.3 Å². The number of carbonyl (C=O) groups excluding carboxylic acids is 12. The molecule has 0 aromatic heterocycles. The summed E-state index contributed by atoms with van der Waals surface area (Å²) in [4.78, 5) is 169. The zero-order valence-corrected chi connectivity index (χ0v) is 51.8. The van der Waals surface area contributed by atoms with Gasteiger partial charge in [0.2, 0.25) is 47.3 Å². The Labute approximate surface area is 490 Å². The molecule has 24 heteroatoms. The lowest BCUT2D eigenvalue weighted by atomic mass is 9.94. The summed E-state index contributed by atoms with van der Waals surface area (Å²) in [6.45, 7) is 27.5. The smallest absolute Gasteiger partial charge is 0.308 e. The van der Waals surface area contributed by atoms with E-state index in [-0.39, 0.29) is 74.9 Å². The minimum Gasteiger partial charge on any atom is -0.452 e. The maximum atomic E-state index is 14.0. The standard InChI is InChI=1S/C30H49N5O7.C29H47N5O7/c1-10-12-21-28(39)35-16-14-19(6)25(35)27(38)32-23(18(5)11-2)29(40)34(9)24(17(3)4)30(41)33(8)20(7)26(37)31-15-13-22(36)42-21;1-9-12-21-27(38)34-16-11-13-20(34)26(37)31-23(18(5)10-2)28(39)33(8)24(17(3)4)29(40)32(7)19(6)25(36)30-15-14-22(35)41-21/h10,17-21,23-25H,1,11-16H2,2-9H3,(H,31,37)(H,32,38);9,17-21,23-24H,1,10-16H2,2-8H3,(H,30,36)(H,31,37)/t18-,19-,20-,21?,23-,24-,25-;18-,19-,20-,21?,23-,24-/m00/s1. The highest BCUT2D eigenvalue weighted by molar-refractivity contribution is 5.98. The Balaban J connectivity index is 0.000000435. The molecule has 0 bridgehead atoms. The van der Waals surface area contributed by atoms with E-state index in [0.717, 1.165) is 0 Å². The summed E-state index contributed by atoms with van der Waals surface area (Å²) in [5.74, 6) is -7.39. The van der Waals surface area contributed by atoms with Gasteiger partial charge in [-0.1, -0.05) is 87.3 Å². The summed E-state index contributed by atoms with van der Waals surface area (Å²) in [7, 11) is 6.05. The van der Waals surface area contributed by atoms with Crippen LogP contribution in [0.3, 0.4) is 0 Å². The van der Waals surface area contributed by atoms with Gasteiger partial charge < -0.3 is 60.1 Å². The lowest BCUT2D eigenvalue weighted by Gasteiger charge is -2.38. The molecule has 10 amide bonds. The van der Waals surface area contributed by atoms with E-state index < -0.39 is 132 Å². The SMILES string of the molecule is C=CCC1OC(=O)CCNC(=O)[C@H](C)N(C)C(=O)[C@H](C(C)C)N(C)C(=O)[C@H]([C@@H](C)CC)NC(=O)[C@@H]2CCCN2C1=O.C=CCC1OC(=O)CCNC(=O)[C@H](C)N(C)C(=O)[C@H](C(C)C)N(C)C(=O)[C@H]([C@@H](C)CC)NC(=O)[C@@H]2[C@@H](C)CCN2C1=O. The molecule has 0 saturated carbocycles.